The van der Waals surface area contributed by atoms with Crippen molar-refractivity contribution < 1.29 is 9.21 Å². The Hall–Kier alpha value is -1.29. The maximum atomic E-state index is 12.4. The van der Waals surface area contributed by atoms with Gasteiger partial charge in [-0.15, -0.1) is 0 Å². The Morgan fingerprint density at radius 3 is 2.79 bits per heavy atom. The molecule has 1 saturated carbocycles. The molecular weight excluding hydrogens is 240 g/mol. The molecule has 0 spiro atoms. The van der Waals surface area contributed by atoms with E-state index in [-0.39, 0.29) is 5.91 Å². The van der Waals surface area contributed by atoms with Gasteiger partial charge in [-0.3, -0.25) is 4.79 Å². The van der Waals surface area contributed by atoms with Gasteiger partial charge in [0.15, 0.2) is 5.76 Å². The average molecular weight is 262 g/mol. The number of amides is 1. The lowest BCUT2D eigenvalue weighted by molar-refractivity contribution is 0.0491. The van der Waals surface area contributed by atoms with E-state index >= 15 is 0 Å². The van der Waals surface area contributed by atoms with Crippen LogP contribution in [0.15, 0.2) is 16.5 Å². The fourth-order valence-electron chi connectivity index (χ4n) is 3.54. The molecule has 2 N–H and O–H groups in total. The average Bonchev–Trinajstić information content (AvgIpc) is 2.95. The zero-order valence-corrected chi connectivity index (χ0v) is 11.3. The minimum Gasteiger partial charge on any atom is -0.455 e. The highest BCUT2D eigenvalue weighted by Gasteiger charge is 2.33. The molecule has 3 rings (SSSR count). The number of fused-ring (bicyclic) bond motifs is 1. The SMILES string of the molecule is NCc1ccc(C(=O)N2CCC3CCCCC3C2)o1. The highest BCUT2D eigenvalue weighted by atomic mass is 16.4. The molecule has 0 radical (unpaired) electrons. The molecule has 104 valence electrons. The number of nitrogens with two attached hydrogens (primary N) is 1. The minimum atomic E-state index is 0.0312. The van der Waals surface area contributed by atoms with Crippen LogP contribution in [0, 0.1) is 11.8 Å². The van der Waals surface area contributed by atoms with Crippen molar-refractivity contribution in [1.82, 2.24) is 4.90 Å². The Bertz CT molecular complexity index is 455. The monoisotopic (exact) mass is 262 g/mol. The van der Waals surface area contributed by atoms with Crippen molar-refractivity contribution in [2.45, 2.75) is 38.6 Å². The number of nitrogens with zero attached hydrogens (tertiary/aromatic N) is 1. The standard InChI is InChI=1S/C15H22N2O2/c16-9-13-5-6-14(19-13)15(18)17-8-7-11-3-1-2-4-12(11)10-17/h5-6,11-12H,1-4,7-10,16H2. The summed E-state index contributed by atoms with van der Waals surface area (Å²) in [7, 11) is 0. The molecule has 1 aromatic heterocycles. The smallest absolute Gasteiger partial charge is 0.289 e. The second-order valence-corrected chi connectivity index (χ2v) is 5.81. The summed E-state index contributed by atoms with van der Waals surface area (Å²) in [4.78, 5) is 14.4. The molecule has 19 heavy (non-hydrogen) atoms. The Morgan fingerprint density at radius 2 is 2.05 bits per heavy atom. The Balaban J connectivity index is 1.67. The van der Waals surface area contributed by atoms with Crippen molar-refractivity contribution in [3.05, 3.63) is 23.7 Å². The van der Waals surface area contributed by atoms with Crippen molar-refractivity contribution in [1.29, 1.82) is 0 Å². The molecule has 2 fully saturated rings. The predicted molar refractivity (Wildman–Crippen MR) is 72.6 cm³/mol. The maximum Gasteiger partial charge on any atom is 0.289 e. The van der Waals surface area contributed by atoms with E-state index in [4.69, 9.17) is 10.2 Å². The molecule has 2 unspecified atom stereocenters. The molecule has 4 nitrogen and oxygen atoms in total. The quantitative estimate of drug-likeness (QED) is 0.890. The van der Waals surface area contributed by atoms with Crippen molar-refractivity contribution in [3.63, 3.8) is 0 Å². The first-order valence-corrected chi connectivity index (χ1v) is 7.36. The molecule has 1 saturated heterocycles. The van der Waals surface area contributed by atoms with Crippen molar-refractivity contribution in [2.75, 3.05) is 13.1 Å². The first kappa shape index (κ1) is 12.7. The lowest BCUT2D eigenvalue weighted by Gasteiger charge is -2.41. The fraction of sp³-hybridized carbons (Fsp3) is 0.667. The summed E-state index contributed by atoms with van der Waals surface area (Å²) < 4.78 is 5.47. The number of carbonyl (C=O) groups excluding carboxylic acids is 1. The molecule has 1 aliphatic carbocycles. The van der Waals surface area contributed by atoms with Crippen LogP contribution in [0.1, 0.15) is 48.4 Å². The number of hydrogen-bond acceptors (Lipinski definition) is 3. The van der Waals surface area contributed by atoms with E-state index < -0.39 is 0 Å². The Labute approximate surface area is 113 Å². The van der Waals surface area contributed by atoms with Gasteiger partial charge in [0.05, 0.1) is 6.54 Å². The van der Waals surface area contributed by atoms with Crippen molar-refractivity contribution in [3.8, 4) is 0 Å². The number of carbonyl (C=O) groups is 1. The number of likely N-dealkylation sites (tertiary alicyclic amines) is 1. The van der Waals surface area contributed by atoms with Crippen LogP contribution < -0.4 is 5.73 Å². The largest absolute Gasteiger partial charge is 0.455 e. The topological polar surface area (TPSA) is 59.5 Å². The normalized spacial score (nSPS) is 27.1. The molecule has 1 amide bonds. The Kier molecular flexibility index (Phi) is 3.60. The highest BCUT2D eigenvalue weighted by molar-refractivity contribution is 5.91. The van der Waals surface area contributed by atoms with E-state index in [1.807, 2.05) is 4.90 Å². The number of piperidine rings is 1. The second-order valence-electron chi connectivity index (χ2n) is 5.81. The fourth-order valence-corrected chi connectivity index (χ4v) is 3.54. The van der Waals surface area contributed by atoms with Gasteiger partial charge in [-0.1, -0.05) is 19.3 Å². The van der Waals surface area contributed by atoms with Gasteiger partial charge in [-0.2, -0.15) is 0 Å². The third-order valence-corrected chi connectivity index (χ3v) is 4.65. The molecule has 0 bridgehead atoms. The third-order valence-electron chi connectivity index (χ3n) is 4.65. The van der Waals surface area contributed by atoms with E-state index in [1.54, 1.807) is 12.1 Å². The van der Waals surface area contributed by atoms with E-state index in [2.05, 4.69) is 0 Å². The van der Waals surface area contributed by atoms with Gasteiger partial charge in [0.25, 0.3) is 5.91 Å². The number of hydrogen-bond donors (Lipinski definition) is 1. The zero-order chi connectivity index (χ0) is 13.2. The summed E-state index contributed by atoms with van der Waals surface area (Å²) in [6, 6.07) is 3.54. The first-order chi connectivity index (χ1) is 9.28. The van der Waals surface area contributed by atoms with Crippen molar-refractivity contribution in [2.24, 2.45) is 17.6 Å². The van der Waals surface area contributed by atoms with Gasteiger partial charge in [-0.05, 0) is 36.8 Å². The minimum absolute atomic E-state index is 0.0312. The van der Waals surface area contributed by atoms with Gasteiger partial charge in [0, 0.05) is 13.1 Å². The summed E-state index contributed by atoms with van der Waals surface area (Å²) in [6.07, 6.45) is 6.47. The maximum absolute atomic E-state index is 12.4. The van der Waals surface area contributed by atoms with E-state index in [0.29, 0.717) is 24.0 Å². The summed E-state index contributed by atoms with van der Waals surface area (Å²) in [5, 5.41) is 0. The summed E-state index contributed by atoms with van der Waals surface area (Å²) in [6.45, 7) is 2.12. The van der Waals surface area contributed by atoms with Crippen LogP contribution in [0.2, 0.25) is 0 Å². The summed E-state index contributed by atoms with van der Waals surface area (Å²) >= 11 is 0. The van der Waals surface area contributed by atoms with Crippen LogP contribution in [0.25, 0.3) is 0 Å². The molecular formula is C15H22N2O2. The van der Waals surface area contributed by atoms with E-state index in [0.717, 1.165) is 25.4 Å². The first-order valence-electron chi connectivity index (χ1n) is 7.36. The van der Waals surface area contributed by atoms with Gasteiger partial charge in [0.2, 0.25) is 0 Å². The van der Waals surface area contributed by atoms with Crippen molar-refractivity contribution >= 4 is 5.91 Å². The van der Waals surface area contributed by atoms with Gasteiger partial charge < -0.3 is 15.1 Å². The number of furan rings is 1. The van der Waals surface area contributed by atoms with E-state index in [9.17, 15) is 4.79 Å². The molecule has 1 aliphatic heterocycles. The molecule has 2 heterocycles. The van der Waals surface area contributed by atoms with Gasteiger partial charge >= 0.3 is 0 Å². The van der Waals surface area contributed by atoms with Gasteiger partial charge in [0.1, 0.15) is 5.76 Å². The van der Waals surface area contributed by atoms with Crippen LogP contribution in [0.4, 0.5) is 0 Å². The molecule has 4 heteroatoms. The lowest BCUT2D eigenvalue weighted by atomic mass is 9.75. The summed E-state index contributed by atoms with van der Waals surface area (Å²) in [5.74, 6) is 2.69. The second kappa shape index (κ2) is 5.37. The molecule has 0 aromatic carbocycles. The lowest BCUT2D eigenvalue weighted by Crippen LogP contribution is -2.44. The number of rotatable bonds is 2. The van der Waals surface area contributed by atoms with Crippen LogP contribution in [0.5, 0.6) is 0 Å². The third kappa shape index (κ3) is 2.54. The van der Waals surface area contributed by atoms with Gasteiger partial charge in [-0.25, -0.2) is 0 Å². The zero-order valence-electron chi connectivity index (χ0n) is 11.3. The van der Waals surface area contributed by atoms with Crippen LogP contribution in [0.3, 0.4) is 0 Å². The molecule has 1 aromatic rings. The molecule has 2 aliphatic rings. The van der Waals surface area contributed by atoms with Crippen LogP contribution >= 0.6 is 0 Å². The van der Waals surface area contributed by atoms with E-state index in [1.165, 1.54) is 25.7 Å². The molecule has 2 atom stereocenters. The predicted octanol–water partition coefficient (Wildman–Crippen LogP) is 2.39. The van der Waals surface area contributed by atoms with Crippen LogP contribution in [-0.2, 0) is 6.54 Å². The summed E-state index contributed by atoms with van der Waals surface area (Å²) in [5.41, 5.74) is 5.51. The Morgan fingerprint density at radius 1 is 1.26 bits per heavy atom. The highest BCUT2D eigenvalue weighted by Crippen LogP contribution is 2.36. The van der Waals surface area contributed by atoms with Crippen LogP contribution in [-0.4, -0.2) is 23.9 Å².